The number of rotatable bonds is 4. The van der Waals surface area contributed by atoms with Gasteiger partial charge in [-0.1, -0.05) is 78.6 Å². The molecule has 3 aromatic rings. The summed E-state index contributed by atoms with van der Waals surface area (Å²) < 4.78 is 6.60. The summed E-state index contributed by atoms with van der Waals surface area (Å²) in [6.45, 7) is 0.488. The first-order valence-corrected chi connectivity index (χ1v) is 9.75. The number of thiocarbonyl (C=S) groups is 1. The van der Waals surface area contributed by atoms with Gasteiger partial charge in [-0.2, -0.15) is 0 Å². The van der Waals surface area contributed by atoms with Crippen LogP contribution in [0.4, 0.5) is 0 Å². The molecule has 27 heavy (non-hydrogen) atoms. The summed E-state index contributed by atoms with van der Waals surface area (Å²) in [5, 5.41) is 2.40. The van der Waals surface area contributed by atoms with E-state index >= 15 is 0 Å². The normalized spacial score (nSPS) is 15.7. The SMILES string of the molecule is CN1C(=O)/C(=C\c2cccc(OCc3cccc4ccccc34)c2)SC1=S. The first kappa shape index (κ1) is 17.8. The lowest BCUT2D eigenvalue weighted by Gasteiger charge is -2.10. The van der Waals surface area contributed by atoms with E-state index in [1.165, 1.54) is 27.4 Å². The number of amides is 1. The third-order valence-corrected chi connectivity index (χ3v) is 5.90. The molecule has 0 N–H and O–H groups in total. The molecule has 1 fully saturated rings. The largest absolute Gasteiger partial charge is 0.489 e. The molecule has 3 nitrogen and oxygen atoms in total. The van der Waals surface area contributed by atoms with E-state index < -0.39 is 0 Å². The number of ether oxygens (including phenoxy) is 1. The highest BCUT2D eigenvalue weighted by atomic mass is 32.2. The van der Waals surface area contributed by atoms with E-state index in [1.54, 1.807) is 7.05 Å². The molecule has 5 heteroatoms. The molecule has 1 amide bonds. The van der Waals surface area contributed by atoms with Crippen molar-refractivity contribution in [3.63, 3.8) is 0 Å². The standard InChI is InChI=1S/C22H17NO2S2/c1-23-21(24)20(27-22(23)26)13-15-6-4-10-18(12-15)25-14-17-9-5-8-16-7-2-3-11-19(16)17/h2-13H,14H2,1H3/b20-13+. The van der Waals surface area contributed by atoms with Gasteiger partial charge in [-0.3, -0.25) is 9.69 Å². The van der Waals surface area contributed by atoms with Crippen LogP contribution in [0.2, 0.25) is 0 Å². The fourth-order valence-electron chi connectivity index (χ4n) is 2.97. The van der Waals surface area contributed by atoms with Gasteiger partial charge in [0, 0.05) is 7.05 Å². The van der Waals surface area contributed by atoms with Crippen molar-refractivity contribution in [1.29, 1.82) is 0 Å². The van der Waals surface area contributed by atoms with Crippen LogP contribution in [0.5, 0.6) is 5.75 Å². The molecule has 0 spiro atoms. The fourth-order valence-corrected chi connectivity index (χ4v) is 4.15. The molecule has 3 aromatic carbocycles. The number of benzene rings is 3. The molecular weight excluding hydrogens is 374 g/mol. The lowest BCUT2D eigenvalue weighted by atomic mass is 10.1. The van der Waals surface area contributed by atoms with Crippen LogP contribution < -0.4 is 4.74 Å². The molecule has 0 atom stereocenters. The van der Waals surface area contributed by atoms with Crippen molar-refractivity contribution in [2.75, 3.05) is 7.05 Å². The number of hydrogen-bond acceptors (Lipinski definition) is 4. The Kier molecular flexibility index (Phi) is 4.97. The predicted molar refractivity (Wildman–Crippen MR) is 116 cm³/mol. The van der Waals surface area contributed by atoms with Crippen LogP contribution in [0.1, 0.15) is 11.1 Å². The second kappa shape index (κ2) is 7.55. The molecule has 0 saturated carbocycles. The van der Waals surface area contributed by atoms with Gasteiger partial charge in [-0.25, -0.2) is 0 Å². The van der Waals surface area contributed by atoms with Gasteiger partial charge in [-0.15, -0.1) is 0 Å². The van der Waals surface area contributed by atoms with Gasteiger partial charge < -0.3 is 4.74 Å². The van der Waals surface area contributed by atoms with Gasteiger partial charge >= 0.3 is 0 Å². The molecule has 1 aliphatic heterocycles. The maximum absolute atomic E-state index is 12.2. The summed E-state index contributed by atoms with van der Waals surface area (Å²) in [6.07, 6.45) is 1.85. The van der Waals surface area contributed by atoms with Crippen molar-refractivity contribution < 1.29 is 9.53 Å². The molecule has 134 valence electrons. The minimum atomic E-state index is -0.0629. The van der Waals surface area contributed by atoms with Crippen LogP contribution in [0, 0.1) is 0 Å². The Labute approximate surface area is 167 Å². The number of hydrogen-bond donors (Lipinski definition) is 0. The molecule has 0 aliphatic carbocycles. The lowest BCUT2D eigenvalue weighted by Crippen LogP contribution is -2.22. The molecule has 4 rings (SSSR count). The van der Waals surface area contributed by atoms with Crippen molar-refractivity contribution >= 4 is 51.1 Å². The quantitative estimate of drug-likeness (QED) is 0.449. The van der Waals surface area contributed by atoms with Gasteiger partial charge in [0.25, 0.3) is 5.91 Å². The van der Waals surface area contributed by atoms with E-state index in [2.05, 4.69) is 24.3 Å². The Morgan fingerprint density at radius 2 is 1.85 bits per heavy atom. The lowest BCUT2D eigenvalue weighted by molar-refractivity contribution is -0.121. The van der Waals surface area contributed by atoms with Gasteiger partial charge in [0.1, 0.15) is 16.7 Å². The van der Waals surface area contributed by atoms with Crippen LogP contribution in [0.15, 0.2) is 71.6 Å². The maximum atomic E-state index is 12.2. The number of carbonyl (C=O) groups excluding carboxylic acids is 1. The summed E-state index contributed by atoms with van der Waals surface area (Å²) in [5.74, 6) is 0.704. The molecule has 0 radical (unpaired) electrons. The van der Waals surface area contributed by atoms with Crippen molar-refractivity contribution in [3.05, 3.63) is 82.8 Å². The zero-order valence-electron chi connectivity index (χ0n) is 14.7. The highest BCUT2D eigenvalue weighted by Crippen LogP contribution is 2.32. The second-order valence-electron chi connectivity index (χ2n) is 6.24. The average molecular weight is 392 g/mol. The third kappa shape index (κ3) is 3.75. The summed E-state index contributed by atoms with van der Waals surface area (Å²) in [6, 6.07) is 22.3. The minimum absolute atomic E-state index is 0.0629. The highest BCUT2D eigenvalue weighted by Gasteiger charge is 2.28. The fraction of sp³-hybridized carbons (Fsp3) is 0.0909. The van der Waals surface area contributed by atoms with Crippen molar-refractivity contribution in [2.24, 2.45) is 0 Å². The van der Waals surface area contributed by atoms with Crippen LogP contribution >= 0.6 is 24.0 Å². The summed E-state index contributed by atoms with van der Waals surface area (Å²) in [7, 11) is 1.70. The molecule has 0 bridgehead atoms. The monoisotopic (exact) mass is 391 g/mol. The summed E-state index contributed by atoms with van der Waals surface area (Å²) in [4.78, 5) is 14.3. The highest BCUT2D eigenvalue weighted by molar-refractivity contribution is 8.26. The second-order valence-corrected chi connectivity index (χ2v) is 7.92. The molecule has 1 aliphatic rings. The van der Waals surface area contributed by atoms with Crippen molar-refractivity contribution in [2.45, 2.75) is 6.61 Å². The van der Waals surface area contributed by atoms with Crippen molar-refractivity contribution in [1.82, 2.24) is 4.90 Å². The van der Waals surface area contributed by atoms with Crippen molar-refractivity contribution in [3.8, 4) is 5.75 Å². The van der Waals surface area contributed by atoms with E-state index in [9.17, 15) is 4.79 Å². The zero-order valence-corrected chi connectivity index (χ0v) is 16.3. The molecule has 0 aromatic heterocycles. The molecule has 0 unspecified atom stereocenters. The number of thioether (sulfide) groups is 1. The first-order chi connectivity index (χ1) is 13.1. The predicted octanol–water partition coefficient (Wildman–Crippen LogP) is 5.25. The van der Waals surface area contributed by atoms with Crippen LogP contribution in [-0.2, 0) is 11.4 Å². The van der Waals surface area contributed by atoms with E-state index in [0.717, 1.165) is 16.9 Å². The zero-order chi connectivity index (χ0) is 18.8. The number of carbonyl (C=O) groups is 1. The van der Waals surface area contributed by atoms with E-state index in [0.29, 0.717) is 15.8 Å². The Bertz CT molecular complexity index is 1070. The van der Waals surface area contributed by atoms with E-state index in [4.69, 9.17) is 17.0 Å². The topological polar surface area (TPSA) is 29.5 Å². The smallest absolute Gasteiger partial charge is 0.265 e. The number of likely N-dealkylation sites (N-methyl/N-ethyl adjacent to an activating group) is 1. The molecular formula is C22H17NO2S2. The molecule has 1 saturated heterocycles. The maximum Gasteiger partial charge on any atom is 0.265 e. The van der Waals surface area contributed by atoms with Gasteiger partial charge in [-0.05, 0) is 40.1 Å². The van der Waals surface area contributed by atoms with Gasteiger partial charge in [0.05, 0.1) is 4.91 Å². The minimum Gasteiger partial charge on any atom is -0.489 e. The summed E-state index contributed by atoms with van der Waals surface area (Å²) >= 11 is 6.50. The first-order valence-electron chi connectivity index (χ1n) is 8.53. The van der Waals surface area contributed by atoms with Crippen LogP contribution in [-0.4, -0.2) is 22.2 Å². The van der Waals surface area contributed by atoms with E-state index in [-0.39, 0.29) is 5.91 Å². The van der Waals surface area contributed by atoms with E-state index in [1.807, 2.05) is 48.5 Å². The van der Waals surface area contributed by atoms with Crippen LogP contribution in [0.3, 0.4) is 0 Å². The van der Waals surface area contributed by atoms with Gasteiger partial charge in [0.15, 0.2) is 0 Å². The molecule has 1 heterocycles. The Morgan fingerprint density at radius 1 is 1.07 bits per heavy atom. The Balaban J connectivity index is 1.53. The summed E-state index contributed by atoms with van der Waals surface area (Å²) in [5.41, 5.74) is 2.06. The number of nitrogens with zero attached hydrogens (tertiary/aromatic N) is 1. The van der Waals surface area contributed by atoms with Crippen LogP contribution in [0.25, 0.3) is 16.8 Å². The Hall–Kier alpha value is -2.63. The average Bonchev–Trinajstić information content (AvgIpc) is 2.93. The van der Waals surface area contributed by atoms with Gasteiger partial charge in [0.2, 0.25) is 0 Å². The third-order valence-electron chi connectivity index (χ3n) is 4.42. The Morgan fingerprint density at radius 3 is 2.67 bits per heavy atom. The number of fused-ring (bicyclic) bond motifs is 1.